The summed E-state index contributed by atoms with van der Waals surface area (Å²) in [5, 5.41) is 3.71. The van der Waals surface area contributed by atoms with Crippen LogP contribution in [-0.2, 0) is 4.74 Å². The number of nitrogens with one attached hydrogen (secondary N) is 1. The molecular formula is C13H14Br2FNO2. The van der Waals surface area contributed by atoms with E-state index in [4.69, 9.17) is 4.74 Å². The molecular weight excluding hydrogens is 381 g/mol. The van der Waals surface area contributed by atoms with E-state index in [0.29, 0.717) is 28.6 Å². The van der Waals surface area contributed by atoms with Crippen LogP contribution in [-0.4, -0.2) is 30.0 Å². The van der Waals surface area contributed by atoms with E-state index in [0.717, 1.165) is 12.8 Å². The Morgan fingerprint density at radius 2 is 2.11 bits per heavy atom. The number of alkyl halides is 1. The standard InChI is InChI=1S/C13H14Br2FNO2/c14-8-13(3-5-19-6-4-13)17-12(18)10-2-1-9(16)7-11(10)15/h1-2,7H,3-6,8H2,(H,17,18). The molecule has 3 nitrogen and oxygen atoms in total. The van der Waals surface area contributed by atoms with Crippen LogP contribution in [0.3, 0.4) is 0 Å². The quantitative estimate of drug-likeness (QED) is 0.799. The zero-order valence-electron chi connectivity index (χ0n) is 10.2. The molecule has 1 aliphatic rings. The average Bonchev–Trinajstić information content (AvgIpc) is 2.39. The molecule has 104 valence electrons. The van der Waals surface area contributed by atoms with Gasteiger partial charge in [-0.25, -0.2) is 4.39 Å². The van der Waals surface area contributed by atoms with Crippen LogP contribution in [0.15, 0.2) is 22.7 Å². The van der Waals surface area contributed by atoms with Gasteiger partial charge in [0.25, 0.3) is 5.91 Å². The molecule has 0 spiro atoms. The number of rotatable bonds is 3. The number of hydrogen-bond donors (Lipinski definition) is 1. The van der Waals surface area contributed by atoms with Gasteiger partial charge in [-0.1, -0.05) is 15.9 Å². The Bertz CT molecular complexity index is 476. The van der Waals surface area contributed by atoms with Gasteiger partial charge in [0.1, 0.15) is 5.82 Å². The molecule has 0 radical (unpaired) electrons. The maximum absolute atomic E-state index is 13.0. The smallest absolute Gasteiger partial charge is 0.252 e. The number of amides is 1. The van der Waals surface area contributed by atoms with E-state index in [1.165, 1.54) is 18.2 Å². The molecule has 0 atom stereocenters. The van der Waals surface area contributed by atoms with Gasteiger partial charge in [-0.05, 0) is 47.0 Å². The first-order valence-corrected chi connectivity index (χ1v) is 7.89. The van der Waals surface area contributed by atoms with E-state index in [1.54, 1.807) is 0 Å². The minimum atomic E-state index is -0.371. The monoisotopic (exact) mass is 393 g/mol. The molecule has 1 amide bonds. The SMILES string of the molecule is O=C(NC1(CBr)CCOCC1)c1ccc(F)cc1Br. The zero-order valence-corrected chi connectivity index (χ0v) is 13.4. The fraction of sp³-hybridized carbons (Fsp3) is 0.462. The summed E-state index contributed by atoms with van der Waals surface area (Å²) in [5.74, 6) is -0.571. The molecule has 2 rings (SSSR count). The molecule has 1 N–H and O–H groups in total. The van der Waals surface area contributed by atoms with Crippen LogP contribution in [0.25, 0.3) is 0 Å². The summed E-state index contributed by atoms with van der Waals surface area (Å²) < 4.78 is 18.8. The van der Waals surface area contributed by atoms with Gasteiger partial charge >= 0.3 is 0 Å². The van der Waals surface area contributed by atoms with Crippen molar-refractivity contribution in [3.63, 3.8) is 0 Å². The van der Waals surface area contributed by atoms with Crippen LogP contribution < -0.4 is 5.32 Å². The molecule has 1 fully saturated rings. The second-order valence-electron chi connectivity index (χ2n) is 4.60. The Kier molecular flexibility index (Phi) is 4.97. The Morgan fingerprint density at radius 1 is 1.42 bits per heavy atom. The largest absolute Gasteiger partial charge is 0.381 e. The highest BCUT2D eigenvalue weighted by Gasteiger charge is 2.33. The van der Waals surface area contributed by atoms with Gasteiger partial charge in [0.15, 0.2) is 0 Å². The van der Waals surface area contributed by atoms with Crippen molar-refractivity contribution < 1.29 is 13.9 Å². The minimum Gasteiger partial charge on any atom is -0.381 e. The molecule has 0 saturated carbocycles. The highest BCUT2D eigenvalue weighted by molar-refractivity contribution is 9.10. The third kappa shape index (κ3) is 3.55. The van der Waals surface area contributed by atoms with Crippen LogP contribution >= 0.6 is 31.9 Å². The number of hydrogen-bond acceptors (Lipinski definition) is 2. The van der Waals surface area contributed by atoms with Crippen LogP contribution in [0, 0.1) is 5.82 Å². The number of benzene rings is 1. The summed E-state index contributed by atoms with van der Waals surface area (Å²) in [4.78, 5) is 12.3. The number of halogens is 3. The maximum atomic E-state index is 13.0. The van der Waals surface area contributed by atoms with Crippen molar-refractivity contribution >= 4 is 37.8 Å². The molecule has 1 saturated heterocycles. The Hall–Kier alpha value is -0.460. The summed E-state index contributed by atoms with van der Waals surface area (Å²) in [5.41, 5.74) is 0.150. The van der Waals surface area contributed by atoms with Crippen molar-refractivity contribution in [1.29, 1.82) is 0 Å². The molecule has 19 heavy (non-hydrogen) atoms. The Labute approximate surface area is 128 Å². The van der Waals surface area contributed by atoms with Crippen molar-refractivity contribution in [3.05, 3.63) is 34.1 Å². The van der Waals surface area contributed by atoms with Crippen molar-refractivity contribution in [2.75, 3.05) is 18.5 Å². The van der Waals surface area contributed by atoms with Crippen LogP contribution in [0.2, 0.25) is 0 Å². The number of carbonyl (C=O) groups excluding carboxylic acids is 1. The van der Waals surface area contributed by atoms with Crippen LogP contribution in [0.5, 0.6) is 0 Å². The van der Waals surface area contributed by atoms with E-state index < -0.39 is 0 Å². The molecule has 1 heterocycles. The van der Waals surface area contributed by atoms with Gasteiger partial charge in [0.05, 0.1) is 11.1 Å². The van der Waals surface area contributed by atoms with E-state index in [2.05, 4.69) is 37.2 Å². The van der Waals surface area contributed by atoms with Crippen molar-refractivity contribution in [3.8, 4) is 0 Å². The maximum Gasteiger partial charge on any atom is 0.252 e. The molecule has 0 unspecified atom stereocenters. The lowest BCUT2D eigenvalue weighted by atomic mass is 9.92. The third-order valence-corrected chi connectivity index (χ3v) is 4.99. The number of ether oxygens (including phenoxy) is 1. The van der Waals surface area contributed by atoms with E-state index in [-0.39, 0.29) is 17.3 Å². The van der Waals surface area contributed by atoms with Gasteiger partial charge in [-0.3, -0.25) is 4.79 Å². The highest BCUT2D eigenvalue weighted by atomic mass is 79.9. The van der Waals surface area contributed by atoms with Crippen molar-refractivity contribution in [2.24, 2.45) is 0 Å². The fourth-order valence-electron chi connectivity index (χ4n) is 2.04. The molecule has 0 bridgehead atoms. The first kappa shape index (κ1) is 14.9. The molecule has 0 aliphatic carbocycles. The van der Waals surface area contributed by atoms with E-state index in [9.17, 15) is 9.18 Å². The second-order valence-corrected chi connectivity index (χ2v) is 6.02. The fourth-order valence-corrected chi connectivity index (χ4v) is 3.27. The topological polar surface area (TPSA) is 38.3 Å². The van der Waals surface area contributed by atoms with Crippen molar-refractivity contribution in [2.45, 2.75) is 18.4 Å². The van der Waals surface area contributed by atoms with Gasteiger partial charge in [-0.2, -0.15) is 0 Å². The zero-order chi connectivity index (χ0) is 13.9. The lowest BCUT2D eigenvalue weighted by Crippen LogP contribution is -2.53. The highest BCUT2D eigenvalue weighted by Crippen LogP contribution is 2.25. The van der Waals surface area contributed by atoms with E-state index in [1.807, 2.05) is 0 Å². The molecule has 6 heteroatoms. The summed E-state index contributed by atoms with van der Waals surface area (Å²) in [6, 6.07) is 4.06. The lowest BCUT2D eigenvalue weighted by molar-refractivity contribution is 0.0441. The first-order chi connectivity index (χ1) is 9.06. The predicted molar refractivity (Wildman–Crippen MR) is 78.1 cm³/mol. The third-order valence-electron chi connectivity index (χ3n) is 3.26. The van der Waals surface area contributed by atoms with E-state index >= 15 is 0 Å². The van der Waals surface area contributed by atoms with Gasteiger partial charge < -0.3 is 10.1 Å². The Morgan fingerprint density at radius 3 is 2.68 bits per heavy atom. The first-order valence-electron chi connectivity index (χ1n) is 5.98. The van der Waals surface area contributed by atoms with Gasteiger partial charge in [-0.15, -0.1) is 0 Å². The van der Waals surface area contributed by atoms with Crippen LogP contribution in [0.1, 0.15) is 23.2 Å². The normalized spacial score (nSPS) is 18.1. The van der Waals surface area contributed by atoms with Crippen molar-refractivity contribution in [1.82, 2.24) is 5.32 Å². The minimum absolute atomic E-state index is 0.201. The summed E-state index contributed by atoms with van der Waals surface area (Å²) in [7, 11) is 0. The van der Waals surface area contributed by atoms with Crippen LogP contribution in [0.4, 0.5) is 4.39 Å². The molecule has 1 aliphatic heterocycles. The second kappa shape index (κ2) is 6.33. The Balaban J connectivity index is 2.15. The summed E-state index contributed by atoms with van der Waals surface area (Å²) in [6.45, 7) is 1.27. The van der Waals surface area contributed by atoms with Gasteiger partial charge in [0.2, 0.25) is 0 Å². The molecule has 1 aromatic carbocycles. The summed E-state index contributed by atoms with van der Waals surface area (Å²) in [6.07, 6.45) is 1.53. The molecule has 0 aromatic heterocycles. The van der Waals surface area contributed by atoms with Gasteiger partial charge in [0, 0.05) is 23.0 Å². The lowest BCUT2D eigenvalue weighted by Gasteiger charge is -2.36. The molecule has 1 aromatic rings. The predicted octanol–water partition coefficient (Wildman–Crippen LogP) is 3.26. The number of carbonyl (C=O) groups is 1. The average molecular weight is 395 g/mol. The summed E-state index contributed by atoms with van der Waals surface area (Å²) >= 11 is 6.67.